The normalized spacial score (nSPS) is 10.5. The maximum atomic E-state index is 8.84. The fraction of sp³-hybridized carbons (Fsp3) is 0.455. The van der Waals surface area contributed by atoms with Crippen LogP contribution >= 0.6 is 0 Å². The Labute approximate surface area is 95.2 Å². The van der Waals surface area contributed by atoms with E-state index in [9.17, 15) is 0 Å². The molecule has 3 N–H and O–H groups in total. The SMILES string of the molecule is COc1ccc(NN(CCO)CCO)cc1. The molecule has 0 unspecified atom stereocenters. The van der Waals surface area contributed by atoms with Crippen molar-refractivity contribution in [3.8, 4) is 5.75 Å². The van der Waals surface area contributed by atoms with Crippen LogP contribution < -0.4 is 10.2 Å². The molecule has 0 atom stereocenters. The molecule has 0 aliphatic carbocycles. The first-order valence-electron chi connectivity index (χ1n) is 5.17. The minimum absolute atomic E-state index is 0.0448. The molecule has 5 nitrogen and oxygen atoms in total. The predicted octanol–water partition coefficient (Wildman–Crippen LogP) is 0.309. The number of benzene rings is 1. The zero-order chi connectivity index (χ0) is 11.8. The second-order valence-electron chi connectivity index (χ2n) is 3.27. The van der Waals surface area contributed by atoms with Gasteiger partial charge in [0.15, 0.2) is 0 Å². The summed E-state index contributed by atoms with van der Waals surface area (Å²) in [6.07, 6.45) is 0. The van der Waals surface area contributed by atoms with E-state index in [0.717, 1.165) is 11.4 Å². The summed E-state index contributed by atoms with van der Waals surface area (Å²) in [5.41, 5.74) is 3.98. The summed E-state index contributed by atoms with van der Waals surface area (Å²) in [6, 6.07) is 7.44. The summed E-state index contributed by atoms with van der Waals surface area (Å²) in [5.74, 6) is 0.793. The smallest absolute Gasteiger partial charge is 0.119 e. The molecule has 0 amide bonds. The van der Waals surface area contributed by atoms with Gasteiger partial charge in [-0.05, 0) is 24.3 Å². The minimum atomic E-state index is 0.0448. The lowest BCUT2D eigenvalue weighted by Gasteiger charge is -2.22. The predicted molar refractivity (Wildman–Crippen MR) is 62.4 cm³/mol. The molecular weight excluding hydrogens is 208 g/mol. The summed E-state index contributed by atoms with van der Waals surface area (Å²) >= 11 is 0. The Bertz CT molecular complexity index is 284. The van der Waals surface area contributed by atoms with E-state index in [1.54, 1.807) is 12.1 Å². The summed E-state index contributed by atoms with van der Waals surface area (Å²) < 4.78 is 5.05. The number of rotatable bonds is 7. The van der Waals surface area contributed by atoms with E-state index in [1.807, 2.05) is 24.3 Å². The van der Waals surface area contributed by atoms with Crippen LogP contribution in [0.15, 0.2) is 24.3 Å². The number of ether oxygens (including phenoxy) is 1. The van der Waals surface area contributed by atoms with E-state index in [2.05, 4.69) is 5.43 Å². The maximum Gasteiger partial charge on any atom is 0.119 e. The number of methoxy groups -OCH3 is 1. The minimum Gasteiger partial charge on any atom is -0.497 e. The third kappa shape index (κ3) is 4.06. The van der Waals surface area contributed by atoms with Crippen LogP contribution in [0, 0.1) is 0 Å². The number of nitrogens with zero attached hydrogens (tertiary/aromatic N) is 1. The molecule has 1 aromatic rings. The lowest BCUT2D eigenvalue weighted by atomic mass is 10.3. The van der Waals surface area contributed by atoms with Crippen LogP contribution in [-0.2, 0) is 0 Å². The van der Waals surface area contributed by atoms with E-state index in [1.165, 1.54) is 0 Å². The number of nitrogens with one attached hydrogen (secondary N) is 1. The van der Waals surface area contributed by atoms with Crippen molar-refractivity contribution in [1.82, 2.24) is 5.01 Å². The van der Waals surface area contributed by atoms with Crippen LogP contribution in [0.3, 0.4) is 0 Å². The average Bonchev–Trinajstić information content (AvgIpc) is 2.31. The molecule has 0 aromatic heterocycles. The van der Waals surface area contributed by atoms with Crippen molar-refractivity contribution in [2.45, 2.75) is 0 Å². The van der Waals surface area contributed by atoms with E-state index < -0.39 is 0 Å². The van der Waals surface area contributed by atoms with Crippen molar-refractivity contribution in [3.63, 3.8) is 0 Å². The molecule has 16 heavy (non-hydrogen) atoms. The summed E-state index contributed by atoms with van der Waals surface area (Å²) in [6.45, 7) is 1.02. The highest BCUT2D eigenvalue weighted by molar-refractivity contribution is 5.45. The third-order valence-corrected chi connectivity index (χ3v) is 2.12. The van der Waals surface area contributed by atoms with Gasteiger partial charge < -0.3 is 20.4 Å². The fourth-order valence-corrected chi connectivity index (χ4v) is 1.31. The molecule has 0 fully saturated rings. The van der Waals surface area contributed by atoms with Gasteiger partial charge in [-0.1, -0.05) is 0 Å². The lowest BCUT2D eigenvalue weighted by Crippen LogP contribution is -2.35. The number of hydrogen-bond acceptors (Lipinski definition) is 5. The molecule has 0 heterocycles. The molecule has 0 saturated heterocycles. The molecule has 0 aliphatic rings. The number of hydrazine groups is 1. The van der Waals surface area contributed by atoms with Crippen molar-refractivity contribution < 1.29 is 14.9 Å². The van der Waals surface area contributed by atoms with Gasteiger partial charge in [-0.2, -0.15) is 0 Å². The molecular formula is C11H18N2O3. The van der Waals surface area contributed by atoms with Crippen LogP contribution in [0.25, 0.3) is 0 Å². The Balaban J connectivity index is 2.54. The zero-order valence-electron chi connectivity index (χ0n) is 9.39. The zero-order valence-corrected chi connectivity index (χ0v) is 9.39. The van der Waals surface area contributed by atoms with Crippen LogP contribution in [0.1, 0.15) is 0 Å². The third-order valence-electron chi connectivity index (χ3n) is 2.12. The highest BCUT2D eigenvalue weighted by Gasteiger charge is 2.03. The van der Waals surface area contributed by atoms with Crippen molar-refractivity contribution in [3.05, 3.63) is 24.3 Å². The quantitative estimate of drug-likeness (QED) is 0.584. The topological polar surface area (TPSA) is 65.0 Å². The van der Waals surface area contributed by atoms with Crippen LogP contribution in [0.2, 0.25) is 0 Å². The van der Waals surface area contributed by atoms with Gasteiger partial charge in [-0.15, -0.1) is 0 Å². The highest BCUT2D eigenvalue weighted by atomic mass is 16.5. The Morgan fingerprint density at radius 1 is 1.12 bits per heavy atom. The van der Waals surface area contributed by atoms with Gasteiger partial charge in [0.25, 0.3) is 0 Å². The molecule has 1 rings (SSSR count). The Morgan fingerprint density at radius 2 is 1.69 bits per heavy atom. The van der Waals surface area contributed by atoms with Gasteiger partial charge in [0.1, 0.15) is 5.75 Å². The first kappa shape index (κ1) is 12.8. The molecule has 0 spiro atoms. The first-order chi connectivity index (χ1) is 7.80. The molecule has 0 bridgehead atoms. The Hall–Kier alpha value is -1.30. The van der Waals surface area contributed by atoms with E-state index in [-0.39, 0.29) is 13.2 Å². The number of aliphatic hydroxyl groups excluding tert-OH is 2. The van der Waals surface area contributed by atoms with Crippen LogP contribution in [0.4, 0.5) is 5.69 Å². The summed E-state index contributed by atoms with van der Waals surface area (Å²) in [5, 5.41) is 19.4. The lowest BCUT2D eigenvalue weighted by molar-refractivity contribution is 0.183. The van der Waals surface area contributed by atoms with Gasteiger partial charge >= 0.3 is 0 Å². The Kier molecular flexibility index (Phi) is 5.63. The molecule has 0 radical (unpaired) electrons. The summed E-state index contributed by atoms with van der Waals surface area (Å²) in [4.78, 5) is 0. The van der Waals surface area contributed by atoms with Crippen LogP contribution in [0.5, 0.6) is 5.75 Å². The highest BCUT2D eigenvalue weighted by Crippen LogP contribution is 2.15. The molecule has 0 saturated carbocycles. The first-order valence-corrected chi connectivity index (χ1v) is 5.17. The average molecular weight is 226 g/mol. The van der Waals surface area contributed by atoms with Gasteiger partial charge in [0, 0.05) is 18.8 Å². The number of aliphatic hydroxyl groups is 2. The van der Waals surface area contributed by atoms with Crippen LogP contribution in [-0.4, -0.2) is 48.6 Å². The molecule has 1 aromatic carbocycles. The standard InChI is InChI=1S/C11H18N2O3/c1-16-11-4-2-10(3-5-11)12-13(6-8-14)7-9-15/h2-5,12,14-15H,6-9H2,1H3. The molecule has 5 heteroatoms. The number of hydrogen-bond donors (Lipinski definition) is 3. The Morgan fingerprint density at radius 3 is 2.12 bits per heavy atom. The van der Waals surface area contributed by atoms with Gasteiger partial charge in [0.05, 0.1) is 20.3 Å². The molecule has 90 valence electrons. The van der Waals surface area contributed by atoms with Gasteiger partial charge in [-0.3, -0.25) is 0 Å². The second-order valence-corrected chi connectivity index (χ2v) is 3.27. The van der Waals surface area contributed by atoms with E-state index >= 15 is 0 Å². The summed E-state index contributed by atoms with van der Waals surface area (Å²) in [7, 11) is 1.62. The van der Waals surface area contributed by atoms with Crippen molar-refractivity contribution in [2.24, 2.45) is 0 Å². The monoisotopic (exact) mass is 226 g/mol. The molecule has 0 aliphatic heterocycles. The van der Waals surface area contributed by atoms with E-state index in [4.69, 9.17) is 14.9 Å². The number of anilines is 1. The van der Waals surface area contributed by atoms with Crippen molar-refractivity contribution in [2.75, 3.05) is 38.8 Å². The van der Waals surface area contributed by atoms with Crippen molar-refractivity contribution >= 4 is 5.69 Å². The van der Waals surface area contributed by atoms with Gasteiger partial charge in [0.2, 0.25) is 0 Å². The van der Waals surface area contributed by atoms with Gasteiger partial charge in [-0.25, -0.2) is 5.01 Å². The van der Waals surface area contributed by atoms with E-state index in [0.29, 0.717) is 13.1 Å². The largest absolute Gasteiger partial charge is 0.497 e. The van der Waals surface area contributed by atoms with Crippen molar-refractivity contribution in [1.29, 1.82) is 0 Å². The second kappa shape index (κ2) is 7.05. The fourth-order valence-electron chi connectivity index (χ4n) is 1.31. The maximum absolute atomic E-state index is 8.84.